The Labute approximate surface area is 97.9 Å². The number of ether oxygens (including phenoxy) is 1. The average Bonchev–Trinajstić information content (AvgIpc) is 2.18. The molecule has 4 nitrogen and oxygen atoms in total. The highest BCUT2D eigenvalue weighted by atomic mass is 35.5. The van der Waals surface area contributed by atoms with E-state index in [0.717, 1.165) is 13.0 Å². The third-order valence-corrected chi connectivity index (χ3v) is 1.73. The van der Waals surface area contributed by atoms with Crippen molar-refractivity contribution in [3.8, 4) is 0 Å². The minimum Gasteiger partial charge on any atom is -0.368 e. The lowest BCUT2D eigenvalue weighted by atomic mass is 10.3. The number of hydrogen-bond acceptors (Lipinski definition) is 3. The van der Waals surface area contributed by atoms with E-state index in [9.17, 15) is 4.79 Å². The number of rotatable bonds is 8. The molecule has 0 saturated heterocycles. The highest BCUT2D eigenvalue weighted by molar-refractivity contribution is 5.85. The zero-order valence-corrected chi connectivity index (χ0v) is 10.2. The van der Waals surface area contributed by atoms with E-state index in [2.05, 4.69) is 17.2 Å². The van der Waals surface area contributed by atoms with Crippen molar-refractivity contribution in [1.29, 1.82) is 0 Å². The van der Waals surface area contributed by atoms with Gasteiger partial charge in [0.15, 0.2) is 0 Å². The molecule has 0 fully saturated rings. The van der Waals surface area contributed by atoms with Crippen LogP contribution in [0.4, 0.5) is 0 Å². The van der Waals surface area contributed by atoms with Crippen molar-refractivity contribution in [2.75, 3.05) is 26.7 Å². The van der Waals surface area contributed by atoms with E-state index in [4.69, 9.17) is 4.74 Å². The first-order chi connectivity index (χ1) is 6.72. The molecule has 0 heterocycles. The molecular formula is C10H21ClN2O2. The van der Waals surface area contributed by atoms with Crippen LogP contribution in [0.3, 0.4) is 0 Å². The molecule has 1 amide bonds. The maximum atomic E-state index is 11.3. The Bertz CT molecular complexity index is 177. The number of nitrogens with one attached hydrogen (secondary N) is 2. The molecule has 0 spiro atoms. The number of hydrogen-bond donors (Lipinski definition) is 2. The van der Waals surface area contributed by atoms with E-state index in [0.29, 0.717) is 13.2 Å². The van der Waals surface area contributed by atoms with Gasteiger partial charge in [0.05, 0.1) is 6.61 Å². The van der Waals surface area contributed by atoms with Gasteiger partial charge in [-0.3, -0.25) is 4.79 Å². The first kappa shape index (κ1) is 16.8. The lowest BCUT2D eigenvalue weighted by molar-refractivity contribution is -0.131. The molecular weight excluding hydrogens is 216 g/mol. The number of halogens is 1. The smallest absolute Gasteiger partial charge is 0.248 e. The molecule has 1 atom stereocenters. The quantitative estimate of drug-likeness (QED) is 0.483. The van der Waals surface area contributed by atoms with E-state index >= 15 is 0 Å². The Hall–Kier alpha value is -0.580. The molecule has 0 radical (unpaired) electrons. The van der Waals surface area contributed by atoms with E-state index in [-0.39, 0.29) is 24.4 Å². The van der Waals surface area contributed by atoms with Crippen LogP contribution < -0.4 is 10.6 Å². The van der Waals surface area contributed by atoms with Crippen molar-refractivity contribution in [3.63, 3.8) is 0 Å². The highest BCUT2D eigenvalue weighted by Gasteiger charge is 2.11. The fourth-order valence-electron chi connectivity index (χ4n) is 0.858. The summed E-state index contributed by atoms with van der Waals surface area (Å²) in [4.78, 5) is 11.3. The van der Waals surface area contributed by atoms with E-state index < -0.39 is 0 Å². The SMILES string of the molecule is C=CCCOC(C)C(=O)NCCNC.Cl. The third-order valence-electron chi connectivity index (χ3n) is 1.73. The summed E-state index contributed by atoms with van der Waals surface area (Å²) in [5.74, 6) is -0.0655. The summed E-state index contributed by atoms with van der Waals surface area (Å²) >= 11 is 0. The topological polar surface area (TPSA) is 50.4 Å². The van der Waals surface area contributed by atoms with Gasteiger partial charge in [-0.2, -0.15) is 0 Å². The summed E-state index contributed by atoms with van der Waals surface area (Å²) in [7, 11) is 1.84. The molecule has 0 saturated carbocycles. The average molecular weight is 237 g/mol. The van der Waals surface area contributed by atoms with Gasteiger partial charge in [-0.05, 0) is 20.4 Å². The standard InChI is InChI=1S/C10H20N2O2.ClH/c1-4-5-8-14-9(2)10(13)12-7-6-11-3;/h4,9,11H,1,5-8H2,2-3H3,(H,12,13);1H. The summed E-state index contributed by atoms with van der Waals surface area (Å²) in [5, 5.41) is 5.70. The number of likely N-dealkylation sites (N-methyl/N-ethyl adjacent to an activating group) is 1. The molecule has 5 heteroatoms. The van der Waals surface area contributed by atoms with Crippen molar-refractivity contribution >= 4 is 18.3 Å². The van der Waals surface area contributed by atoms with Gasteiger partial charge in [0, 0.05) is 13.1 Å². The van der Waals surface area contributed by atoms with E-state index in [1.54, 1.807) is 13.0 Å². The van der Waals surface area contributed by atoms with Gasteiger partial charge in [0.1, 0.15) is 6.10 Å². The maximum Gasteiger partial charge on any atom is 0.248 e. The Balaban J connectivity index is 0. The molecule has 0 aromatic rings. The minimum absolute atomic E-state index is 0. The molecule has 0 rings (SSSR count). The lowest BCUT2D eigenvalue weighted by Gasteiger charge is -2.12. The normalized spacial score (nSPS) is 11.3. The molecule has 0 aliphatic rings. The monoisotopic (exact) mass is 236 g/mol. The Kier molecular flexibility index (Phi) is 12.9. The van der Waals surface area contributed by atoms with Gasteiger partial charge in [0.25, 0.3) is 0 Å². The molecule has 2 N–H and O–H groups in total. The zero-order chi connectivity index (χ0) is 10.8. The van der Waals surface area contributed by atoms with Crippen LogP contribution in [0.5, 0.6) is 0 Å². The Morgan fingerprint density at radius 1 is 1.53 bits per heavy atom. The molecule has 0 bridgehead atoms. The first-order valence-electron chi connectivity index (χ1n) is 4.87. The Morgan fingerprint density at radius 3 is 2.73 bits per heavy atom. The van der Waals surface area contributed by atoms with Crippen LogP contribution in [-0.4, -0.2) is 38.8 Å². The van der Waals surface area contributed by atoms with Crippen molar-refractivity contribution in [2.24, 2.45) is 0 Å². The molecule has 15 heavy (non-hydrogen) atoms. The Morgan fingerprint density at radius 2 is 2.20 bits per heavy atom. The minimum atomic E-state index is -0.383. The third kappa shape index (κ3) is 9.72. The number of carbonyl (C=O) groups excluding carboxylic acids is 1. The molecule has 0 aromatic carbocycles. The second-order valence-corrected chi connectivity index (χ2v) is 2.98. The van der Waals surface area contributed by atoms with Crippen LogP contribution in [0.2, 0.25) is 0 Å². The van der Waals surface area contributed by atoms with Gasteiger partial charge in [0.2, 0.25) is 5.91 Å². The van der Waals surface area contributed by atoms with Crippen molar-refractivity contribution < 1.29 is 9.53 Å². The molecule has 0 aliphatic heterocycles. The van der Waals surface area contributed by atoms with Crippen LogP contribution >= 0.6 is 12.4 Å². The van der Waals surface area contributed by atoms with Gasteiger partial charge in [-0.15, -0.1) is 19.0 Å². The second-order valence-electron chi connectivity index (χ2n) is 2.98. The van der Waals surface area contributed by atoms with Crippen molar-refractivity contribution in [2.45, 2.75) is 19.4 Å². The largest absolute Gasteiger partial charge is 0.368 e. The first-order valence-corrected chi connectivity index (χ1v) is 4.87. The summed E-state index contributed by atoms with van der Waals surface area (Å²) < 4.78 is 5.27. The fourth-order valence-corrected chi connectivity index (χ4v) is 0.858. The van der Waals surface area contributed by atoms with Gasteiger partial charge in [-0.1, -0.05) is 6.08 Å². The summed E-state index contributed by atoms with van der Waals surface area (Å²) in [5.41, 5.74) is 0. The van der Waals surface area contributed by atoms with Crippen LogP contribution in [0.15, 0.2) is 12.7 Å². The van der Waals surface area contributed by atoms with Crippen molar-refractivity contribution in [3.05, 3.63) is 12.7 Å². The number of carbonyl (C=O) groups is 1. The van der Waals surface area contributed by atoms with E-state index in [1.165, 1.54) is 0 Å². The van der Waals surface area contributed by atoms with Gasteiger partial charge in [-0.25, -0.2) is 0 Å². The second kappa shape index (κ2) is 11.5. The van der Waals surface area contributed by atoms with Crippen LogP contribution in [0.25, 0.3) is 0 Å². The summed E-state index contributed by atoms with van der Waals surface area (Å²) in [6.07, 6.45) is 2.16. The summed E-state index contributed by atoms with van der Waals surface area (Å²) in [6, 6.07) is 0. The predicted molar refractivity (Wildman–Crippen MR) is 64.4 cm³/mol. The van der Waals surface area contributed by atoms with Crippen LogP contribution in [-0.2, 0) is 9.53 Å². The van der Waals surface area contributed by atoms with E-state index in [1.807, 2.05) is 7.05 Å². The predicted octanol–water partition coefficient (Wildman–Crippen LogP) is 0.725. The zero-order valence-electron chi connectivity index (χ0n) is 9.41. The number of amides is 1. The summed E-state index contributed by atoms with van der Waals surface area (Å²) in [6.45, 7) is 7.27. The fraction of sp³-hybridized carbons (Fsp3) is 0.700. The molecule has 0 aliphatic carbocycles. The van der Waals surface area contributed by atoms with Gasteiger partial charge < -0.3 is 15.4 Å². The highest BCUT2D eigenvalue weighted by Crippen LogP contribution is 1.92. The van der Waals surface area contributed by atoms with Gasteiger partial charge >= 0.3 is 0 Å². The molecule has 1 unspecified atom stereocenters. The van der Waals surface area contributed by atoms with Crippen LogP contribution in [0, 0.1) is 0 Å². The van der Waals surface area contributed by atoms with Crippen molar-refractivity contribution in [1.82, 2.24) is 10.6 Å². The van der Waals surface area contributed by atoms with Crippen LogP contribution in [0.1, 0.15) is 13.3 Å². The lowest BCUT2D eigenvalue weighted by Crippen LogP contribution is -2.38. The maximum absolute atomic E-state index is 11.3. The molecule has 0 aromatic heterocycles. The molecule has 90 valence electrons.